The fourth-order valence-electron chi connectivity index (χ4n) is 0.176. The Labute approximate surface area is 68.6 Å². The predicted molar refractivity (Wildman–Crippen MR) is 46.4 cm³/mol. The summed E-state index contributed by atoms with van der Waals surface area (Å²) in [6.07, 6.45) is 1.53. The number of carbonyl (C=O) groups excluding carboxylic acids is 1. The number of carbonyl (C=O) groups is 1. The van der Waals surface area contributed by atoms with Crippen LogP contribution in [0.5, 0.6) is 0 Å². The molecule has 0 amide bonds. The molecule has 0 saturated carbocycles. The summed E-state index contributed by atoms with van der Waals surface area (Å²) in [4.78, 5) is 11.9. The van der Waals surface area contributed by atoms with Crippen LogP contribution in [0.4, 0.5) is 0 Å². The number of hydrogen-bond acceptors (Lipinski definition) is 3. The van der Waals surface area contributed by atoms with Crippen molar-refractivity contribution in [2.24, 2.45) is 0 Å². The standard InChI is InChI=1S/C5H8O2.C3H9N/c1-3-4-7-5(2)6;1-4(2)3/h3H,1,4H2,2H3;1-3H3. The van der Waals surface area contributed by atoms with Crippen molar-refractivity contribution in [3.63, 3.8) is 0 Å². The molecule has 0 aliphatic heterocycles. The summed E-state index contributed by atoms with van der Waals surface area (Å²) in [6.45, 7) is 5.03. The average Bonchev–Trinajstić information content (AvgIpc) is 1.82. The molecule has 0 bridgehead atoms. The second kappa shape index (κ2) is 9.17. The van der Waals surface area contributed by atoms with Crippen LogP contribution in [-0.2, 0) is 9.53 Å². The molecule has 0 aromatic rings. The molecule has 0 fully saturated rings. The first-order valence-electron chi connectivity index (χ1n) is 3.36. The first-order valence-corrected chi connectivity index (χ1v) is 3.36. The van der Waals surface area contributed by atoms with Crippen molar-refractivity contribution in [2.45, 2.75) is 6.92 Å². The molecule has 66 valence electrons. The van der Waals surface area contributed by atoms with E-state index in [4.69, 9.17) is 0 Å². The molecule has 0 saturated heterocycles. The zero-order chi connectivity index (χ0) is 9.28. The molecule has 3 nitrogen and oxygen atoms in total. The van der Waals surface area contributed by atoms with Gasteiger partial charge in [0.05, 0.1) is 0 Å². The lowest BCUT2D eigenvalue weighted by atomic mass is 10.7. The zero-order valence-electron chi connectivity index (χ0n) is 7.76. The van der Waals surface area contributed by atoms with Crippen molar-refractivity contribution in [3.8, 4) is 0 Å². The molecule has 0 aromatic heterocycles. The van der Waals surface area contributed by atoms with E-state index in [0.717, 1.165) is 0 Å². The van der Waals surface area contributed by atoms with Gasteiger partial charge in [0.25, 0.3) is 0 Å². The molecule has 0 N–H and O–H groups in total. The van der Waals surface area contributed by atoms with Gasteiger partial charge in [-0.1, -0.05) is 12.7 Å². The highest BCUT2D eigenvalue weighted by molar-refractivity contribution is 5.65. The van der Waals surface area contributed by atoms with Gasteiger partial charge in [-0.2, -0.15) is 0 Å². The van der Waals surface area contributed by atoms with Gasteiger partial charge < -0.3 is 9.64 Å². The van der Waals surface area contributed by atoms with Crippen LogP contribution < -0.4 is 0 Å². The molecule has 11 heavy (non-hydrogen) atoms. The lowest BCUT2D eigenvalue weighted by Gasteiger charge is -1.90. The maximum Gasteiger partial charge on any atom is 0.302 e. The van der Waals surface area contributed by atoms with Crippen molar-refractivity contribution in [2.75, 3.05) is 27.7 Å². The van der Waals surface area contributed by atoms with E-state index < -0.39 is 0 Å². The van der Waals surface area contributed by atoms with Crippen molar-refractivity contribution in [1.82, 2.24) is 4.90 Å². The molecular formula is C8H17NO2. The Hall–Kier alpha value is -0.830. The molecule has 0 radical (unpaired) electrons. The van der Waals surface area contributed by atoms with E-state index in [1.807, 2.05) is 26.0 Å². The first kappa shape index (κ1) is 12.8. The van der Waals surface area contributed by atoms with E-state index in [0.29, 0.717) is 6.61 Å². The summed E-state index contributed by atoms with van der Waals surface area (Å²) < 4.78 is 4.43. The minimum Gasteiger partial charge on any atom is -0.462 e. The van der Waals surface area contributed by atoms with Crippen LogP contribution in [0, 0.1) is 0 Å². The third kappa shape index (κ3) is 46.9. The summed E-state index contributed by atoms with van der Waals surface area (Å²) in [7, 11) is 6.00. The summed E-state index contributed by atoms with van der Waals surface area (Å²) in [5, 5.41) is 0. The molecular weight excluding hydrogens is 142 g/mol. The van der Waals surface area contributed by atoms with Gasteiger partial charge >= 0.3 is 5.97 Å². The molecule has 0 atom stereocenters. The van der Waals surface area contributed by atoms with Crippen LogP contribution in [0.15, 0.2) is 12.7 Å². The van der Waals surface area contributed by atoms with Crippen LogP contribution in [0.2, 0.25) is 0 Å². The number of rotatable bonds is 2. The Kier molecular flexibility index (Phi) is 10.7. The van der Waals surface area contributed by atoms with E-state index in [9.17, 15) is 4.79 Å². The molecule has 0 heterocycles. The van der Waals surface area contributed by atoms with Crippen molar-refractivity contribution >= 4 is 5.97 Å². The Morgan fingerprint density at radius 2 is 1.91 bits per heavy atom. The van der Waals surface area contributed by atoms with Gasteiger partial charge in [0.1, 0.15) is 6.61 Å². The van der Waals surface area contributed by atoms with Gasteiger partial charge in [-0.25, -0.2) is 0 Å². The summed E-state index contributed by atoms with van der Waals surface area (Å²) in [5.41, 5.74) is 0. The van der Waals surface area contributed by atoms with Crippen molar-refractivity contribution in [1.29, 1.82) is 0 Å². The van der Waals surface area contributed by atoms with E-state index in [-0.39, 0.29) is 5.97 Å². The fraction of sp³-hybridized carbons (Fsp3) is 0.625. The maximum atomic E-state index is 9.93. The Balaban J connectivity index is 0. The SMILES string of the molecule is C=CCOC(C)=O.CN(C)C. The minimum atomic E-state index is -0.264. The minimum absolute atomic E-state index is 0.264. The smallest absolute Gasteiger partial charge is 0.302 e. The maximum absolute atomic E-state index is 9.93. The highest BCUT2D eigenvalue weighted by Crippen LogP contribution is 1.73. The lowest BCUT2D eigenvalue weighted by Crippen LogP contribution is -1.99. The Morgan fingerprint density at radius 3 is 2.00 bits per heavy atom. The Morgan fingerprint density at radius 1 is 1.55 bits per heavy atom. The third-order valence-electron chi connectivity index (χ3n) is 0.404. The van der Waals surface area contributed by atoms with Crippen LogP contribution in [0.1, 0.15) is 6.92 Å². The van der Waals surface area contributed by atoms with Gasteiger partial charge in [0, 0.05) is 6.92 Å². The van der Waals surface area contributed by atoms with E-state index in [1.54, 1.807) is 0 Å². The number of nitrogens with zero attached hydrogens (tertiary/aromatic N) is 1. The highest BCUT2D eigenvalue weighted by atomic mass is 16.5. The summed E-state index contributed by atoms with van der Waals surface area (Å²) in [5.74, 6) is -0.264. The summed E-state index contributed by atoms with van der Waals surface area (Å²) in [6, 6.07) is 0. The molecule has 0 unspecified atom stereocenters. The first-order chi connectivity index (χ1) is 5.00. The fourth-order valence-corrected chi connectivity index (χ4v) is 0.176. The predicted octanol–water partition coefficient (Wildman–Crippen LogP) is 0.913. The van der Waals surface area contributed by atoms with Gasteiger partial charge in [0.15, 0.2) is 0 Å². The van der Waals surface area contributed by atoms with E-state index >= 15 is 0 Å². The molecule has 3 heteroatoms. The van der Waals surface area contributed by atoms with E-state index in [1.165, 1.54) is 13.0 Å². The molecule has 0 aromatic carbocycles. The van der Waals surface area contributed by atoms with Gasteiger partial charge in [0.2, 0.25) is 0 Å². The monoisotopic (exact) mass is 159 g/mol. The zero-order valence-corrected chi connectivity index (χ0v) is 7.76. The van der Waals surface area contributed by atoms with Crippen molar-refractivity contribution in [3.05, 3.63) is 12.7 Å². The van der Waals surface area contributed by atoms with Gasteiger partial charge in [-0.15, -0.1) is 0 Å². The third-order valence-corrected chi connectivity index (χ3v) is 0.404. The second-order valence-electron chi connectivity index (χ2n) is 2.43. The van der Waals surface area contributed by atoms with Gasteiger partial charge in [-0.05, 0) is 21.1 Å². The quantitative estimate of drug-likeness (QED) is 0.443. The van der Waals surface area contributed by atoms with Crippen LogP contribution >= 0.6 is 0 Å². The van der Waals surface area contributed by atoms with Crippen LogP contribution in [-0.4, -0.2) is 38.6 Å². The summed E-state index contributed by atoms with van der Waals surface area (Å²) >= 11 is 0. The normalized spacial score (nSPS) is 8.09. The van der Waals surface area contributed by atoms with Crippen LogP contribution in [0.3, 0.4) is 0 Å². The molecule has 0 spiro atoms. The van der Waals surface area contributed by atoms with Crippen molar-refractivity contribution < 1.29 is 9.53 Å². The number of hydrogen-bond donors (Lipinski definition) is 0. The second-order valence-corrected chi connectivity index (χ2v) is 2.43. The van der Waals surface area contributed by atoms with E-state index in [2.05, 4.69) is 11.3 Å². The number of esters is 1. The molecule has 0 aliphatic rings. The highest BCUT2D eigenvalue weighted by Gasteiger charge is 1.83. The van der Waals surface area contributed by atoms with Gasteiger partial charge in [-0.3, -0.25) is 4.79 Å². The lowest BCUT2D eigenvalue weighted by molar-refractivity contribution is -0.139. The Bertz CT molecular complexity index is 108. The largest absolute Gasteiger partial charge is 0.462 e. The molecule has 0 aliphatic carbocycles. The number of ether oxygens (including phenoxy) is 1. The van der Waals surface area contributed by atoms with Crippen LogP contribution in [0.25, 0.3) is 0 Å². The average molecular weight is 159 g/mol. The molecule has 0 rings (SSSR count). The topological polar surface area (TPSA) is 29.5 Å².